The van der Waals surface area contributed by atoms with E-state index in [4.69, 9.17) is 11.6 Å². The molecule has 0 bridgehead atoms. The van der Waals surface area contributed by atoms with E-state index < -0.39 is 5.82 Å². The molecule has 1 aromatic heterocycles. The van der Waals surface area contributed by atoms with Crippen molar-refractivity contribution >= 4 is 56.5 Å². The number of amides is 1. The minimum absolute atomic E-state index is 0.169. The molecule has 0 atom stereocenters. The number of benzene rings is 2. The van der Waals surface area contributed by atoms with Crippen molar-refractivity contribution in [3.8, 4) is 0 Å². The van der Waals surface area contributed by atoms with E-state index in [2.05, 4.69) is 10.3 Å². The highest BCUT2D eigenvalue weighted by Crippen LogP contribution is 2.31. The highest BCUT2D eigenvalue weighted by atomic mass is 35.5. The number of rotatable bonds is 4. The molecule has 112 valence electrons. The maximum absolute atomic E-state index is 13.4. The Labute approximate surface area is 139 Å². The molecule has 0 unspecified atom stereocenters. The van der Waals surface area contributed by atoms with Gasteiger partial charge < -0.3 is 5.32 Å². The van der Waals surface area contributed by atoms with Gasteiger partial charge in [0.2, 0.25) is 5.91 Å². The molecule has 0 spiro atoms. The zero-order valence-corrected chi connectivity index (χ0v) is 13.6. The SMILES string of the molecule is O=C(CSc1nc2cc(Cl)ccc2s1)Nc1ccccc1F. The molecule has 0 aliphatic rings. The average molecular weight is 353 g/mol. The number of carbonyl (C=O) groups is 1. The summed E-state index contributed by atoms with van der Waals surface area (Å²) in [6, 6.07) is 11.6. The Morgan fingerprint density at radius 2 is 2.14 bits per heavy atom. The van der Waals surface area contributed by atoms with E-state index in [0.29, 0.717) is 5.02 Å². The summed E-state index contributed by atoms with van der Waals surface area (Å²) in [5.74, 6) is -0.551. The van der Waals surface area contributed by atoms with E-state index in [1.807, 2.05) is 6.07 Å². The van der Waals surface area contributed by atoms with Gasteiger partial charge in [-0.1, -0.05) is 35.5 Å². The van der Waals surface area contributed by atoms with Gasteiger partial charge in [0.1, 0.15) is 5.82 Å². The number of halogens is 2. The quantitative estimate of drug-likeness (QED) is 0.684. The molecule has 0 radical (unpaired) electrons. The van der Waals surface area contributed by atoms with Gasteiger partial charge in [-0.2, -0.15) is 0 Å². The van der Waals surface area contributed by atoms with Crippen LogP contribution in [0.15, 0.2) is 46.8 Å². The van der Waals surface area contributed by atoms with E-state index in [1.54, 1.807) is 24.3 Å². The molecule has 1 amide bonds. The maximum atomic E-state index is 13.4. The number of nitrogens with zero attached hydrogens (tertiary/aromatic N) is 1. The van der Waals surface area contributed by atoms with Crippen molar-refractivity contribution < 1.29 is 9.18 Å². The number of thiazole rings is 1. The van der Waals surface area contributed by atoms with Crippen LogP contribution in [0, 0.1) is 5.82 Å². The second-order valence-corrected chi connectivity index (χ2v) is 7.10. The van der Waals surface area contributed by atoms with Gasteiger partial charge in [0.25, 0.3) is 0 Å². The lowest BCUT2D eigenvalue weighted by Crippen LogP contribution is -2.14. The topological polar surface area (TPSA) is 42.0 Å². The van der Waals surface area contributed by atoms with Gasteiger partial charge in [-0.15, -0.1) is 11.3 Å². The minimum atomic E-state index is -0.449. The minimum Gasteiger partial charge on any atom is -0.323 e. The zero-order valence-electron chi connectivity index (χ0n) is 11.2. The highest BCUT2D eigenvalue weighted by molar-refractivity contribution is 8.01. The van der Waals surface area contributed by atoms with Crippen LogP contribution in [0.3, 0.4) is 0 Å². The summed E-state index contributed by atoms with van der Waals surface area (Å²) >= 11 is 8.73. The monoisotopic (exact) mass is 352 g/mol. The molecule has 22 heavy (non-hydrogen) atoms. The van der Waals surface area contributed by atoms with Gasteiger partial charge in [-0.25, -0.2) is 9.37 Å². The standard InChI is InChI=1S/C15H10ClFN2OS2/c16-9-5-6-13-12(7-9)19-15(22-13)21-8-14(20)18-11-4-2-1-3-10(11)17/h1-7H,8H2,(H,18,20). The molecule has 3 aromatic rings. The third kappa shape index (κ3) is 3.58. The maximum Gasteiger partial charge on any atom is 0.234 e. The molecule has 1 heterocycles. The predicted octanol–water partition coefficient (Wildman–Crippen LogP) is 4.82. The van der Waals surface area contributed by atoms with Crippen LogP contribution >= 0.6 is 34.7 Å². The number of para-hydroxylation sites is 1. The summed E-state index contributed by atoms with van der Waals surface area (Å²) in [4.78, 5) is 16.3. The fourth-order valence-electron chi connectivity index (χ4n) is 1.82. The van der Waals surface area contributed by atoms with Gasteiger partial charge in [-0.05, 0) is 30.3 Å². The molecule has 0 fully saturated rings. The lowest BCUT2D eigenvalue weighted by atomic mass is 10.3. The Morgan fingerprint density at radius 3 is 2.95 bits per heavy atom. The summed E-state index contributed by atoms with van der Waals surface area (Å²) in [7, 11) is 0. The van der Waals surface area contributed by atoms with Gasteiger partial charge >= 0.3 is 0 Å². The van der Waals surface area contributed by atoms with Crippen molar-refractivity contribution in [1.82, 2.24) is 4.98 Å². The van der Waals surface area contributed by atoms with Gasteiger partial charge in [0.15, 0.2) is 4.34 Å². The van der Waals surface area contributed by atoms with Crippen molar-refractivity contribution in [1.29, 1.82) is 0 Å². The number of carbonyl (C=O) groups excluding carboxylic acids is 1. The summed E-state index contributed by atoms with van der Waals surface area (Å²) in [5.41, 5.74) is 0.999. The third-order valence-electron chi connectivity index (χ3n) is 2.80. The van der Waals surface area contributed by atoms with Crippen LogP contribution < -0.4 is 5.32 Å². The molecule has 3 rings (SSSR count). The molecule has 1 N–H and O–H groups in total. The Bertz CT molecular complexity index is 837. The molecular weight excluding hydrogens is 343 g/mol. The first kappa shape index (κ1) is 15.3. The van der Waals surface area contributed by atoms with Crippen molar-refractivity contribution in [3.05, 3.63) is 53.3 Å². The highest BCUT2D eigenvalue weighted by Gasteiger charge is 2.10. The van der Waals surface area contributed by atoms with Crippen LogP contribution in [0.4, 0.5) is 10.1 Å². The number of thioether (sulfide) groups is 1. The zero-order chi connectivity index (χ0) is 15.5. The normalized spacial score (nSPS) is 10.8. The van der Waals surface area contributed by atoms with E-state index in [1.165, 1.54) is 35.2 Å². The second kappa shape index (κ2) is 6.64. The number of aromatic nitrogens is 1. The Kier molecular flexibility index (Phi) is 4.61. The van der Waals surface area contributed by atoms with Crippen molar-refractivity contribution in [2.24, 2.45) is 0 Å². The van der Waals surface area contributed by atoms with Crippen molar-refractivity contribution in [2.75, 3.05) is 11.1 Å². The van der Waals surface area contributed by atoms with Gasteiger partial charge in [0.05, 0.1) is 21.7 Å². The predicted molar refractivity (Wildman–Crippen MR) is 90.4 cm³/mol. The molecular formula is C15H10ClFN2OS2. The Hall–Kier alpha value is -1.63. The lowest BCUT2D eigenvalue weighted by Gasteiger charge is -2.04. The van der Waals surface area contributed by atoms with Crippen LogP contribution in [0.1, 0.15) is 0 Å². The van der Waals surface area contributed by atoms with Crippen molar-refractivity contribution in [3.63, 3.8) is 0 Å². The van der Waals surface area contributed by atoms with Crippen LogP contribution in [0.25, 0.3) is 10.2 Å². The Morgan fingerprint density at radius 1 is 1.32 bits per heavy atom. The summed E-state index contributed by atoms with van der Waals surface area (Å²) in [5, 5.41) is 3.18. The first-order valence-corrected chi connectivity index (χ1v) is 8.53. The lowest BCUT2D eigenvalue weighted by molar-refractivity contribution is -0.113. The molecule has 3 nitrogen and oxygen atoms in total. The van der Waals surface area contributed by atoms with Crippen LogP contribution in [-0.4, -0.2) is 16.6 Å². The fraction of sp³-hybridized carbons (Fsp3) is 0.0667. The first-order chi connectivity index (χ1) is 10.6. The summed E-state index contributed by atoms with van der Waals surface area (Å²) in [6.07, 6.45) is 0. The number of fused-ring (bicyclic) bond motifs is 1. The van der Waals surface area contributed by atoms with E-state index in [9.17, 15) is 9.18 Å². The summed E-state index contributed by atoms with van der Waals surface area (Å²) < 4.78 is 15.2. The first-order valence-electron chi connectivity index (χ1n) is 6.35. The van der Waals surface area contributed by atoms with E-state index in [-0.39, 0.29) is 17.3 Å². The Balaban J connectivity index is 1.63. The largest absolute Gasteiger partial charge is 0.323 e. The van der Waals surface area contributed by atoms with E-state index >= 15 is 0 Å². The van der Waals surface area contributed by atoms with E-state index in [0.717, 1.165) is 14.6 Å². The van der Waals surface area contributed by atoms with Gasteiger partial charge in [0, 0.05) is 5.02 Å². The van der Waals surface area contributed by atoms with Crippen LogP contribution in [0.2, 0.25) is 5.02 Å². The number of nitrogens with one attached hydrogen (secondary N) is 1. The number of anilines is 1. The molecule has 0 saturated heterocycles. The van der Waals surface area contributed by atoms with Crippen LogP contribution in [-0.2, 0) is 4.79 Å². The van der Waals surface area contributed by atoms with Crippen molar-refractivity contribution in [2.45, 2.75) is 4.34 Å². The molecule has 0 saturated carbocycles. The number of hydrogen-bond acceptors (Lipinski definition) is 4. The second-order valence-electron chi connectivity index (χ2n) is 4.41. The molecule has 2 aromatic carbocycles. The molecule has 0 aliphatic heterocycles. The van der Waals surface area contributed by atoms with Gasteiger partial charge in [-0.3, -0.25) is 4.79 Å². The number of hydrogen-bond donors (Lipinski definition) is 1. The molecule has 7 heteroatoms. The average Bonchev–Trinajstić information content (AvgIpc) is 2.89. The fourth-order valence-corrected chi connectivity index (χ4v) is 3.83. The third-order valence-corrected chi connectivity index (χ3v) is 5.22. The smallest absolute Gasteiger partial charge is 0.234 e. The summed E-state index contributed by atoms with van der Waals surface area (Å²) in [6.45, 7) is 0. The van der Waals surface area contributed by atoms with Crippen LogP contribution in [0.5, 0.6) is 0 Å². The molecule has 0 aliphatic carbocycles.